The molecule has 1 fully saturated rings. The number of aliphatic hydroxyl groups is 1. The summed E-state index contributed by atoms with van der Waals surface area (Å²) >= 11 is 5.58. The van der Waals surface area contributed by atoms with Gasteiger partial charge in [-0.25, -0.2) is 4.39 Å². The summed E-state index contributed by atoms with van der Waals surface area (Å²) in [6.07, 6.45) is 4.56. The van der Waals surface area contributed by atoms with E-state index >= 15 is 0 Å². The Morgan fingerprint density at radius 1 is 1.24 bits per heavy atom. The number of hydrogen-bond donors (Lipinski definition) is 1. The molecule has 0 bridgehead atoms. The fraction of sp³-hybridized carbons (Fsp3) is 0.429. The van der Waals surface area contributed by atoms with Gasteiger partial charge in [0.05, 0.1) is 5.02 Å². The highest BCUT2D eigenvalue weighted by Gasteiger charge is 2.26. The van der Waals surface area contributed by atoms with Crippen LogP contribution < -0.4 is 0 Å². The van der Waals surface area contributed by atoms with E-state index in [9.17, 15) is 9.50 Å². The van der Waals surface area contributed by atoms with Crippen LogP contribution in [0.15, 0.2) is 18.2 Å². The average molecular weight is 253 g/mol. The Morgan fingerprint density at radius 2 is 1.94 bits per heavy atom. The van der Waals surface area contributed by atoms with Crippen molar-refractivity contribution in [1.82, 2.24) is 0 Å². The van der Waals surface area contributed by atoms with Gasteiger partial charge in [0.1, 0.15) is 11.4 Å². The van der Waals surface area contributed by atoms with Crippen LogP contribution in [0.25, 0.3) is 0 Å². The highest BCUT2D eigenvalue weighted by Crippen LogP contribution is 2.27. The molecule has 0 aliphatic heterocycles. The maximum atomic E-state index is 13.2. The second kappa shape index (κ2) is 5.08. The first kappa shape index (κ1) is 12.4. The SMILES string of the molecule is OC1(C#Cc2ccc(Cl)c(F)c2)CCCCC1. The largest absolute Gasteiger partial charge is 0.378 e. The Balaban J connectivity index is 2.17. The monoisotopic (exact) mass is 252 g/mol. The molecule has 1 nitrogen and oxygen atoms in total. The molecule has 1 aromatic rings. The van der Waals surface area contributed by atoms with Crippen molar-refractivity contribution in [3.63, 3.8) is 0 Å². The Kier molecular flexibility index (Phi) is 3.71. The van der Waals surface area contributed by atoms with Crippen molar-refractivity contribution in [2.75, 3.05) is 0 Å². The topological polar surface area (TPSA) is 20.2 Å². The van der Waals surface area contributed by atoms with Crippen molar-refractivity contribution in [2.45, 2.75) is 37.7 Å². The lowest BCUT2D eigenvalue weighted by Gasteiger charge is -2.26. The fourth-order valence-electron chi connectivity index (χ4n) is 2.02. The van der Waals surface area contributed by atoms with Gasteiger partial charge in [0.25, 0.3) is 0 Å². The molecular formula is C14H14ClFO. The Morgan fingerprint density at radius 3 is 2.59 bits per heavy atom. The third-order valence-electron chi connectivity index (χ3n) is 3.04. The van der Waals surface area contributed by atoms with Crippen molar-refractivity contribution in [1.29, 1.82) is 0 Å². The molecular weight excluding hydrogens is 239 g/mol. The van der Waals surface area contributed by atoms with Crippen molar-refractivity contribution in [3.05, 3.63) is 34.6 Å². The zero-order chi connectivity index (χ0) is 12.3. The third-order valence-corrected chi connectivity index (χ3v) is 3.35. The molecule has 1 saturated carbocycles. The van der Waals surface area contributed by atoms with E-state index in [2.05, 4.69) is 11.8 Å². The fourth-order valence-corrected chi connectivity index (χ4v) is 2.14. The van der Waals surface area contributed by atoms with Crippen molar-refractivity contribution in [3.8, 4) is 11.8 Å². The van der Waals surface area contributed by atoms with E-state index in [1.54, 1.807) is 6.07 Å². The minimum atomic E-state index is -0.894. The van der Waals surface area contributed by atoms with Gasteiger partial charge in [0.2, 0.25) is 0 Å². The standard InChI is InChI=1S/C14H14ClFO/c15-12-5-4-11(10-13(12)16)6-9-14(17)7-2-1-3-8-14/h4-5,10,17H,1-3,7-8H2. The quantitative estimate of drug-likeness (QED) is 0.701. The van der Waals surface area contributed by atoms with Gasteiger partial charge in [0, 0.05) is 5.56 Å². The highest BCUT2D eigenvalue weighted by atomic mass is 35.5. The van der Waals surface area contributed by atoms with Crippen LogP contribution in [0.5, 0.6) is 0 Å². The lowest BCUT2D eigenvalue weighted by molar-refractivity contribution is 0.0610. The molecule has 90 valence electrons. The van der Waals surface area contributed by atoms with Crippen LogP contribution in [0.3, 0.4) is 0 Å². The van der Waals surface area contributed by atoms with E-state index in [1.165, 1.54) is 12.1 Å². The highest BCUT2D eigenvalue weighted by molar-refractivity contribution is 6.30. The van der Waals surface area contributed by atoms with Crippen molar-refractivity contribution in [2.24, 2.45) is 0 Å². The normalized spacial score (nSPS) is 18.3. The van der Waals surface area contributed by atoms with Gasteiger partial charge in [-0.05, 0) is 43.9 Å². The second-order valence-corrected chi connectivity index (χ2v) is 4.88. The Hall–Kier alpha value is -1.04. The van der Waals surface area contributed by atoms with Crippen LogP contribution in [-0.2, 0) is 0 Å². The van der Waals surface area contributed by atoms with Gasteiger partial charge in [0.15, 0.2) is 0 Å². The summed E-state index contributed by atoms with van der Waals surface area (Å²) in [7, 11) is 0. The Labute approximate surface area is 106 Å². The Bertz CT molecular complexity index is 467. The van der Waals surface area contributed by atoms with E-state index in [1.807, 2.05) is 0 Å². The zero-order valence-corrected chi connectivity index (χ0v) is 10.2. The summed E-state index contributed by atoms with van der Waals surface area (Å²) in [6.45, 7) is 0. The van der Waals surface area contributed by atoms with Crippen LogP contribution in [0.2, 0.25) is 5.02 Å². The van der Waals surface area contributed by atoms with Gasteiger partial charge < -0.3 is 5.11 Å². The summed E-state index contributed by atoms with van der Waals surface area (Å²) in [5, 5.41) is 10.3. The van der Waals surface area contributed by atoms with Crippen LogP contribution in [-0.4, -0.2) is 10.7 Å². The molecule has 0 aromatic heterocycles. The summed E-state index contributed by atoms with van der Waals surface area (Å²) in [6, 6.07) is 4.43. The van der Waals surface area contributed by atoms with Crippen LogP contribution in [0.1, 0.15) is 37.7 Å². The minimum Gasteiger partial charge on any atom is -0.378 e. The summed E-state index contributed by atoms with van der Waals surface area (Å²) in [5.74, 6) is 5.20. The van der Waals surface area contributed by atoms with E-state index in [4.69, 9.17) is 11.6 Å². The molecule has 1 N–H and O–H groups in total. The molecule has 0 amide bonds. The second-order valence-electron chi connectivity index (χ2n) is 4.47. The van der Waals surface area contributed by atoms with Gasteiger partial charge in [-0.15, -0.1) is 0 Å². The molecule has 0 heterocycles. The molecule has 3 heteroatoms. The van der Waals surface area contributed by atoms with Crippen molar-refractivity contribution < 1.29 is 9.50 Å². The van der Waals surface area contributed by atoms with Gasteiger partial charge in [-0.3, -0.25) is 0 Å². The average Bonchev–Trinajstić information content (AvgIpc) is 2.32. The van der Waals surface area contributed by atoms with E-state index in [-0.39, 0.29) is 5.02 Å². The molecule has 1 aliphatic rings. The maximum Gasteiger partial charge on any atom is 0.143 e. The van der Waals surface area contributed by atoms with Gasteiger partial charge in [-0.1, -0.05) is 29.9 Å². The number of halogens is 2. The predicted octanol–water partition coefficient (Wildman–Crippen LogP) is 3.53. The maximum absolute atomic E-state index is 13.2. The first-order chi connectivity index (χ1) is 8.09. The molecule has 0 radical (unpaired) electrons. The molecule has 17 heavy (non-hydrogen) atoms. The first-order valence-electron chi connectivity index (χ1n) is 5.80. The van der Waals surface area contributed by atoms with E-state index in [0.29, 0.717) is 18.4 Å². The summed E-state index contributed by atoms with van der Waals surface area (Å²) in [5.41, 5.74) is -0.347. The molecule has 1 aliphatic carbocycles. The lowest BCUT2D eigenvalue weighted by Crippen LogP contribution is -2.29. The smallest absolute Gasteiger partial charge is 0.143 e. The molecule has 0 saturated heterocycles. The summed E-state index contributed by atoms with van der Waals surface area (Å²) < 4.78 is 13.2. The van der Waals surface area contributed by atoms with Crippen LogP contribution in [0, 0.1) is 17.7 Å². The third kappa shape index (κ3) is 3.21. The van der Waals surface area contributed by atoms with Crippen LogP contribution in [0.4, 0.5) is 4.39 Å². The molecule has 0 spiro atoms. The molecule has 1 aromatic carbocycles. The number of benzene rings is 1. The first-order valence-corrected chi connectivity index (χ1v) is 6.17. The zero-order valence-electron chi connectivity index (χ0n) is 9.47. The number of hydrogen-bond acceptors (Lipinski definition) is 1. The van der Waals surface area contributed by atoms with E-state index in [0.717, 1.165) is 19.3 Å². The van der Waals surface area contributed by atoms with E-state index < -0.39 is 11.4 Å². The molecule has 0 unspecified atom stereocenters. The van der Waals surface area contributed by atoms with Gasteiger partial charge >= 0.3 is 0 Å². The number of rotatable bonds is 0. The van der Waals surface area contributed by atoms with Crippen LogP contribution >= 0.6 is 11.6 Å². The molecule has 0 atom stereocenters. The van der Waals surface area contributed by atoms with Crippen molar-refractivity contribution >= 4 is 11.6 Å². The minimum absolute atomic E-state index is 0.0897. The van der Waals surface area contributed by atoms with Gasteiger partial charge in [-0.2, -0.15) is 0 Å². The lowest BCUT2D eigenvalue weighted by atomic mass is 9.85. The molecule has 2 rings (SSSR count). The summed E-state index contributed by atoms with van der Waals surface area (Å²) in [4.78, 5) is 0. The predicted molar refractivity (Wildman–Crippen MR) is 66.3 cm³/mol.